The Balaban J connectivity index is 2.35. The van der Waals surface area contributed by atoms with Crippen LogP contribution < -0.4 is 10.5 Å². The molecule has 0 spiro atoms. The molecule has 0 bridgehead atoms. The van der Waals surface area contributed by atoms with Crippen LogP contribution in [0, 0.1) is 0 Å². The molecule has 0 radical (unpaired) electrons. The summed E-state index contributed by atoms with van der Waals surface area (Å²) in [7, 11) is -4.31. The summed E-state index contributed by atoms with van der Waals surface area (Å²) >= 11 is 11.7. The molecule has 0 saturated carbocycles. The van der Waals surface area contributed by atoms with E-state index >= 15 is 0 Å². The van der Waals surface area contributed by atoms with E-state index in [0.29, 0.717) is 16.5 Å². The van der Waals surface area contributed by atoms with Crippen molar-refractivity contribution in [2.45, 2.75) is 4.90 Å². The molecule has 106 valence electrons. The molecule has 0 amide bonds. The molecule has 0 aromatic heterocycles. The second-order valence-corrected chi connectivity index (χ2v) is 6.12. The Labute approximate surface area is 125 Å². The molecule has 2 aromatic carbocycles. The van der Waals surface area contributed by atoms with Crippen LogP contribution in [0.2, 0.25) is 10.0 Å². The zero-order chi connectivity index (χ0) is 14.9. The standard InChI is InChI=1S/C12H9Cl2NO4S/c13-7-1-3-12(10(15)5-7)19-11-4-2-8(6-9(11)14)20(16,17)18/h1-6H,15H2,(H,16,17,18). The number of nitrogen functional groups attached to an aromatic ring is 1. The molecular weight excluding hydrogens is 325 g/mol. The molecule has 0 saturated heterocycles. The Hall–Kier alpha value is -1.47. The Morgan fingerprint density at radius 1 is 1.05 bits per heavy atom. The van der Waals surface area contributed by atoms with Gasteiger partial charge >= 0.3 is 0 Å². The quantitative estimate of drug-likeness (QED) is 0.661. The number of anilines is 1. The maximum absolute atomic E-state index is 11.0. The highest BCUT2D eigenvalue weighted by Crippen LogP contribution is 2.34. The van der Waals surface area contributed by atoms with E-state index in [2.05, 4.69) is 0 Å². The summed E-state index contributed by atoms with van der Waals surface area (Å²) in [4.78, 5) is -0.320. The van der Waals surface area contributed by atoms with Crippen molar-refractivity contribution in [1.82, 2.24) is 0 Å². The maximum atomic E-state index is 11.0. The first-order chi connectivity index (χ1) is 9.27. The number of rotatable bonds is 3. The van der Waals surface area contributed by atoms with Gasteiger partial charge in [-0.2, -0.15) is 8.42 Å². The first-order valence-electron chi connectivity index (χ1n) is 5.27. The average Bonchev–Trinajstić information content (AvgIpc) is 2.33. The van der Waals surface area contributed by atoms with Gasteiger partial charge in [-0.05, 0) is 36.4 Å². The summed E-state index contributed by atoms with van der Waals surface area (Å²) in [5, 5.41) is 0.483. The lowest BCUT2D eigenvalue weighted by Gasteiger charge is -2.10. The van der Waals surface area contributed by atoms with E-state index in [-0.39, 0.29) is 15.7 Å². The lowest BCUT2D eigenvalue weighted by atomic mass is 10.3. The van der Waals surface area contributed by atoms with Gasteiger partial charge in [0.25, 0.3) is 10.1 Å². The Morgan fingerprint density at radius 3 is 2.25 bits per heavy atom. The molecule has 0 fully saturated rings. The van der Waals surface area contributed by atoms with Crippen molar-refractivity contribution in [2.75, 3.05) is 5.73 Å². The highest BCUT2D eigenvalue weighted by Gasteiger charge is 2.13. The fourth-order valence-electron chi connectivity index (χ4n) is 1.46. The van der Waals surface area contributed by atoms with Crippen LogP contribution in [-0.2, 0) is 10.1 Å². The molecule has 0 aliphatic carbocycles. The van der Waals surface area contributed by atoms with Crippen LogP contribution in [0.25, 0.3) is 0 Å². The third-order valence-corrected chi connectivity index (χ3v) is 3.77. The minimum atomic E-state index is -4.31. The molecule has 2 aromatic rings. The van der Waals surface area contributed by atoms with Gasteiger partial charge in [-0.1, -0.05) is 23.2 Å². The Morgan fingerprint density at radius 2 is 1.70 bits per heavy atom. The Bertz CT molecular complexity index is 762. The van der Waals surface area contributed by atoms with Crippen LogP contribution in [0.4, 0.5) is 5.69 Å². The number of benzene rings is 2. The van der Waals surface area contributed by atoms with E-state index in [1.807, 2.05) is 0 Å². The van der Waals surface area contributed by atoms with Gasteiger partial charge in [0.05, 0.1) is 15.6 Å². The van der Waals surface area contributed by atoms with E-state index in [1.165, 1.54) is 18.2 Å². The van der Waals surface area contributed by atoms with Crippen molar-refractivity contribution in [2.24, 2.45) is 0 Å². The van der Waals surface area contributed by atoms with Gasteiger partial charge in [0.2, 0.25) is 0 Å². The third-order valence-electron chi connectivity index (χ3n) is 2.39. The fraction of sp³-hybridized carbons (Fsp3) is 0. The highest BCUT2D eigenvalue weighted by molar-refractivity contribution is 7.85. The van der Waals surface area contributed by atoms with Crippen molar-refractivity contribution >= 4 is 39.0 Å². The first-order valence-corrected chi connectivity index (χ1v) is 7.47. The molecule has 0 aliphatic rings. The van der Waals surface area contributed by atoms with Crippen LogP contribution >= 0.6 is 23.2 Å². The van der Waals surface area contributed by atoms with Crippen molar-refractivity contribution in [3.63, 3.8) is 0 Å². The second-order valence-electron chi connectivity index (χ2n) is 3.85. The second kappa shape index (κ2) is 5.49. The molecule has 5 nitrogen and oxygen atoms in total. The molecule has 0 unspecified atom stereocenters. The van der Waals surface area contributed by atoms with Crippen LogP contribution in [0.1, 0.15) is 0 Å². The van der Waals surface area contributed by atoms with Gasteiger partial charge in [-0.25, -0.2) is 0 Å². The number of hydrogen-bond donors (Lipinski definition) is 2. The predicted molar refractivity (Wildman–Crippen MR) is 77.2 cm³/mol. The van der Waals surface area contributed by atoms with Gasteiger partial charge in [0.15, 0.2) is 0 Å². The first kappa shape index (κ1) is 14.9. The minimum absolute atomic E-state index is 0.0227. The Kier molecular flexibility index (Phi) is 4.10. The molecule has 3 N–H and O–H groups in total. The third kappa shape index (κ3) is 3.34. The lowest BCUT2D eigenvalue weighted by molar-refractivity contribution is 0.479. The van der Waals surface area contributed by atoms with Crippen molar-refractivity contribution in [3.8, 4) is 11.5 Å². The summed E-state index contributed by atoms with van der Waals surface area (Å²) in [5.41, 5.74) is 6.04. The molecule has 0 aliphatic heterocycles. The van der Waals surface area contributed by atoms with E-state index in [4.69, 9.17) is 38.2 Å². The number of hydrogen-bond acceptors (Lipinski definition) is 4. The summed E-state index contributed by atoms with van der Waals surface area (Å²) in [6.45, 7) is 0. The zero-order valence-corrected chi connectivity index (χ0v) is 12.2. The van der Waals surface area contributed by atoms with E-state index in [1.54, 1.807) is 12.1 Å². The van der Waals surface area contributed by atoms with Crippen molar-refractivity contribution in [1.29, 1.82) is 0 Å². The summed E-state index contributed by atoms with van der Waals surface area (Å²) in [6, 6.07) is 8.23. The van der Waals surface area contributed by atoms with E-state index < -0.39 is 10.1 Å². The predicted octanol–water partition coefficient (Wildman–Crippen LogP) is 3.61. The van der Waals surface area contributed by atoms with Gasteiger partial charge in [0, 0.05) is 5.02 Å². The number of nitrogens with two attached hydrogens (primary N) is 1. The van der Waals surface area contributed by atoms with Gasteiger partial charge < -0.3 is 10.5 Å². The number of halogens is 2. The average molecular weight is 334 g/mol. The topological polar surface area (TPSA) is 89.6 Å². The monoisotopic (exact) mass is 333 g/mol. The molecule has 0 heterocycles. The molecule has 0 atom stereocenters. The largest absolute Gasteiger partial charge is 0.454 e. The van der Waals surface area contributed by atoms with Crippen molar-refractivity contribution in [3.05, 3.63) is 46.4 Å². The number of ether oxygens (including phenoxy) is 1. The molecule has 20 heavy (non-hydrogen) atoms. The molecular formula is C12H9Cl2NO4S. The summed E-state index contributed by atoms with van der Waals surface area (Å²) < 4.78 is 36.3. The fourth-order valence-corrected chi connectivity index (χ4v) is 2.43. The van der Waals surface area contributed by atoms with Crippen LogP contribution in [0.3, 0.4) is 0 Å². The van der Waals surface area contributed by atoms with Crippen LogP contribution in [0.5, 0.6) is 11.5 Å². The molecule has 8 heteroatoms. The van der Waals surface area contributed by atoms with E-state index in [9.17, 15) is 8.42 Å². The SMILES string of the molecule is Nc1cc(Cl)ccc1Oc1ccc(S(=O)(=O)O)cc1Cl. The van der Waals surface area contributed by atoms with Gasteiger partial charge in [-0.15, -0.1) is 0 Å². The van der Waals surface area contributed by atoms with E-state index in [0.717, 1.165) is 6.07 Å². The lowest BCUT2D eigenvalue weighted by Crippen LogP contribution is -1.98. The highest BCUT2D eigenvalue weighted by atomic mass is 35.5. The van der Waals surface area contributed by atoms with Crippen LogP contribution in [-0.4, -0.2) is 13.0 Å². The zero-order valence-electron chi connectivity index (χ0n) is 9.88. The summed E-state index contributed by atoms with van der Waals surface area (Å²) in [6.07, 6.45) is 0. The van der Waals surface area contributed by atoms with Crippen molar-refractivity contribution < 1.29 is 17.7 Å². The maximum Gasteiger partial charge on any atom is 0.294 e. The molecule has 2 rings (SSSR count). The van der Waals surface area contributed by atoms with Gasteiger partial charge in [-0.3, -0.25) is 4.55 Å². The minimum Gasteiger partial charge on any atom is -0.454 e. The van der Waals surface area contributed by atoms with Crippen LogP contribution in [0.15, 0.2) is 41.3 Å². The van der Waals surface area contributed by atoms with Gasteiger partial charge in [0.1, 0.15) is 11.5 Å². The smallest absolute Gasteiger partial charge is 0.294 e. The normalized spacial score (nSPS) is 11.3. The summed E-state index contributed by atoms with van der Waals surface area (Å²) in [5.74, 6) is 0.531.